The van der Waals surface area contributed by atoms with Gasteiger partial charge >= 0.3 is 6.09 Å². The number of nitrogens with zero attached hydrogens (tertiary/aromatic N) is 1. The number of rotatable bonds is 2. The summed E-state index contributed by atoms with van der Waals surface area (Å²) in [6, 6.07) is 5.28. The number of anilines is 1. The molecule has 1 heterocycles. The molecule has 0 saturated carbocycles. The van der Waals surface area contributed by atoms with Crippen molar-refractivity contribution in [2.24, 2.45) is 0 Å². The van der Waals surface area contributed by atoms with Gasteiger partial charge in [0.05, 0.1) is 5.88 Å². The molecule has 1 fully saturated rings. The molecule has 1 aromatic carbocycles. The van der Waals surface area contributed by atoms with Crippen LogP contribution in [0.4, 0.5) is 10.5 Å². The van der Waals surface area contributed by atoms with Crippen molar-refractivity contribution in [1.29, 1.82) is 0 Å². The smallest absolute Gasteiger partial charge is 0.411 e. The summed E-state index contributed by atoms with van der Waals surface area (Å²) in [5.41, 5.74) is 2.47. The fraction of sp³-hybridized carbons (Fsp3) is 0.529. The van der Waals surface area contributed by atoms with Crippen LogP contribution in [-0.2, 0) is 9.53 Å². The molecule has 0 aliphatic carbocycles. The largest absolute Gasteiger partial charge is 0.444 e. The zero-order chi connectivity index (χ0) is 17.2. The van der Waals surface area contributed by atoms with Gasteiger partial charge in [-0.05, 0) is 57.9 Å². The van der Waals surface area contributed by atoms with Crippen LogP contribution in [0.2, 0.25) is 0 Å². The lowest BCUT2D eigenvalue weighted by atomic mass is 10.1. The summed E-state index contributed by atoms with van der Waals surface area (Å²) in [4.78, 5) is 26.2. The molecule has 0 bridgehead atoms. The Bertz CT molecular complexity index is 610. The normalized spacial score (nSPS) is 18.0. The standard InChI is InChI=1S/C17H24N2O3S/c1-11-6-7-13(8-12(11)2)18-15(20)14-9-23-10-19(14)16(21)22-17(3,4)5/h6-8,14H,9-10H2,1-5H3,(H,18,20)/t14-/m0/s1. The molecule has 1 aliphatic heterocycles. The number of hydrogen-bond donors (Lipinski definition) is 1. The van der Waals surface area contributed by atoms with Crippen LogP contribution in [0.25, 0.3) is 0 Å². The maximum absolute atomic E-state index is 12.5. The predicted octanol–water partition coefficient (Wildman–Crippen LogP) is 3.55. The van der Waals surface area contributed by atoms with Crippen LogP contribution in [0.5, 0.6) is 0 Å². The van der Waals surface area contributed by atoms with E-state index >= 15 is 0 Å². The molecule has 5 nitrogen and oxygen atoms in total. The number of amides is 2. The van der Waals surface area contributed by atoms with Gasteiger partial charge in [-0.2, -0.15) is 0 Å². The van der Waals surface area contributed by atoms with Crippen LogP contribution in [0, 0.1) is 13.8 Å². The number of hydrogen-bond acceptors (Lipinski definition) is 4. The van der Waals surface area contributed by atoms with E-state index in [1.807, 2.05) is 52.8 Å². The fourth-order valence-electron chi connectivity index (χ4n) is 2.21. The number of benzene rings is 1. The van der Waals surface area contributed by atoms with Crippen molar-refractivity contribution >= 4 is 29.4 Å². The Morgan fingerprint density at radius 2 is 1.96 bits per heavy atom. The van der Waals surface area contributed by atoms with Gasteiger partial charge in [-0.25, -0.2) is 4.79 Å². The molecule has 126 valence electrons. The number of nitrogens with one attached hydrogen (secondary N) is 1. The van der Waals surface area contributed by atoms with E-state index in [1.165, 1.54) is 10.5 Å². The van der Waals surface area contributed by atoms with Crippen LogP contribution < -0.4 is 5.32 Å². The van der Waals surface area contributed by atoms with Gasteiger partial charge < -0.3 is 10.1 Å². The Balaban J connectivity index is 2.05. The zero-order valence-electron chi connectivity index (χ0n) is 14.3. The number of carbonyl (C=O) groups excluding carboxylic acids is 2. The number of aryl methyl sites for hydroxylation is 2. The van der Waals surface area contributed by atoms with E-state index in [4.69, 9.17) is 4.74 Å². The molecule has 1 atom stereocenters. The third kappa shape index (κ3) is 4.64. The first kappa shape index (κ1) is 17.7. The lowest BCUT2D eigenvalue weighted by Crippen LogP contribution is -2.46. The minimum absolute atomic E-state index is 0.177. The molecular formula is C17H24N2O3S. The SMILES string of the molecule is Cc1ccc(NC(=O)[C@@H]2CSCN2C(=O)OC(C)(C)C)cc1C. The summed E-state index contributed by atoms with van der Waals surface area (Å²) >= 11 is 1.55. The van der Waals surface area contributed by atoms with E-state index in [2.05, 4.69) is 5.32 Å². The van der Waals surface area contributed by atoms with Crippen molar-refractivity contribution in [3.8, 4) is 0 Å². The van der Waals surface area contributed by atoms with Crippen molar-refractivity contribution in [3.05, 3.63) is 29.3 Å². The molecule has 0 radical (unpaired) electrons. The molecule has 2 rings (SSSR count). The zero-order valence-corrected chi connectivity index (χ0v) is 15.1. The summed E-state index contributed by atoms with van der Waals surface area (Å²) in [5, 5.41) is 2.90. The fourth-order valence-corrected chi connectivity index (χ4v) is 3.35. The van der Waals surface area contributed by atoms with Crippen molar-refractivity contribution in [1.82, 2.24) is 4.90 Å². The second kappa shape index (κ2) is 6.83. The van der Waals surface area contributed by atoms with E-state index < -0.39 is 17.7 Å². The highest BCUT2D eigenvalue weighted by Gasteiger charge is 2.37. The lowest BCUT2D eigenvalue weighted by Gasteiger charge is -2.27. The molecule has 0 unspecified atom stereocenters. The van der Waals surface area contributed by atoms with Crippen molar-refractivity contribution in [2.45, 2.75) is 46.3 Å². The molecule has 1 aliphatic rings. The monoisotopic (exact) mass is 336 g/mol. The van der Waals surface area contributed by atoms with E-state index in [0.717, 1.165) is 11.3 Å². The average Bonchev–Trinajstić information content (AvgIpc) is 2.90. The van der Waals surface area contributed by atoms with Crippen molar-refractivity contribution in [2.75, 3.05) is 16.9 Å². The Hall–Kier alpha value is -1.69. The quantitative estimate of drug-likeness (QED) is 0.897. The van der Waals surface area contributed by atoms with Gasteiger partial charge in [-0.3, -0.25) is 9.69 Å². The summed E-state index contributed by atoms with van der Waals surface area (Å²) in [5.74, 6) is 0.875. The van der Waals surface area contributed by atoms with Crippen molar-refractivity contribution in [3.63, 3.8) is 0 Å². The molecule has 1 aromatic rings. The number of thioether (sulfide) groups is 1. The Morgan fingerprint density at radius 1 is 1.26 bits per heavy atom. The molecule has 0 spiro atoms. The Morgan fingerprint density at radius 3 is 2.57 bits per heavy atom. The van der Waals surface area contributed by atoms with Gasteiger partial charge in [0.2, 0.25) is 5.91 Å². The predicted molar refractivity (Wildman–Crippen MR) is 93.7 cm³/mol. The van der Waals surface area contributed by atoms with Gasteiger partial charge in [0.15, 0.2) is 0 Å². The molecule has 1 N–H and O–H groups in total. The minimum Gasteiger partial charge on any atom is -0.444 e. The van der Waals surface area contributed by atoms with Gasteiger partial charge in [0.25, 0.3) is 0 Å². The summed E-state index contributed by atoms with van der Waals surface area (Å²) < 4.78 is 5.38. The Labute approximate surface area is 141 Å². The van der Waals surface area contributed by atoms with Crippen LogP contribution in [0.3, 0.4) is 0 Å². The molecule has 2 amide bonds. The van der Waals surface area contributed by atoms with Crippen molar-refractivity contribution < 1.29 is 14.3 Å². The number of carbonyl (C=O) groups is 2. The second-order valence-corrected chi connectivity index (χ2v) is 7.75. The topological polar surface area (TPSA) is 58.6 Å². The van der Waals surface area contributed by atoms with Crippen LogP contribution in [0.15, 0.2) is 18.2 Å². The van der Waals surface area contributed by atoms with Crippen LogP contribution >= 0.6 is 11.8 Å². The maximum Gasteiger partial charge on any atom is 0.411 e. The van der Waals surface area contributed by atoms with E-state index in [1.54, 1.807) is 11.8 Å². The van der Waals surface area contributed by atoms with Crippen LogP contribution in [-0.4, -0.2) is 40.2 Å². The molecule has 0 aromatic heterocycles. The highest BCUT2D eigenvalue weighted by Crippen LogP contribution is 2.25. The van der Waals surface area contributed by atoms with Gasteiger partial charge in [0.1, 0.15) is 11.6 Å². The first-order valence-corrected chi connectivity index (χ1v) is 8.78. The summed E-state index contributed by atoms with van der Waals surface area (Å²) in [6.07, 6.45) is -0.442. The van der Waals surface area contributed by atoms with Crippen LogP contribution in [0.1, 0.15) is 31.9 Å². The van der Waals surface area contributed by atoms with Gasteiger partial charge in [-0.1, -0.05) is 6.07 Å². The molecule has 6 heteroatoms. The van der Waals surface area contributed by atoms with Gasteiger partial charge in [0, 0.05) is 11.4 Å². The average molecular weight is 336 g/mol. The highest BCUT2D eigenvalue weighted by atomic mass is 32.2. The maximum atomic E-state index is 12.5. The third-order valence-corrected chi connectivity index (χ3v) is 4.60. The third-order valence-electron chi connectivity index (χ3n) is 3.59. The lowest BCUT2D eigenvalue weighted by molar-refractivity contribution is -0.120. The molecular weight excluding hydrogens is 312 g/mol. The first-order valence-electron chi connectivity index (χ1n) is 7.63. The van der Waals surface area contributed by atoms with Gasteiger partial charge in [-0.15, -0.1) is 11.8 Å². The number of ether oxygens (including phenoxy) is 1. The van der Waals surface area contributed by atoms with E-state index in [-0.39, 0.29) is 5.91 Å². The summed E-state index contributed by atoms with van der Waals surface area (Å²) in [7, 11) is 0. The highest BCUT2D eigenvalue weighted by molar-refractivity contribution is 7.99. The molecule has 23 heavy (non-hydrogen) atoms. The Kier molecular flexibility index (Phi) is 5.24. The second-order valence-electron chi connectivity index (χ2n) is 6.75. The summed E-state index contributed by atoms with van der Waals surface area (Å²) in [6.45, 7) is 9.48. The van der Waals surface area contributed by atoms with E-state index in [9.17, 15) is 9.59 Å². The molecule has 1 saturated heterocycles. The minimum atomic E-state index is -0.570. The van der Waals surface area contributed by atoms with E-state index in [0.29, 0.717) is 11.6 Å². The first-order chi connectivity index (χ1) is 10.7.